The average molecular weight is 425 g/mol. The van der Waals surface area contributed by atoms with Crippen molar-refractivity contribution in [2.24, 2.45) is 0 Å². The Bertz CT molecular complexity index is 1190. The molecule has 0 atom stereocenters. The van der Waals surface area contributed by atoms with E-state index in [4.69, 9.17) is 4.52 Å². The van der Waals surface area contributed by atoms with E-state index in [1.807, 2.05) is 30.3 Å². The van der Waals surface area contributed by atoms with Gasteiger partial charge in [0.15, 0.2) is 0 Å². The maximum absolute atomic E-state index is 12.4. The summed E-state index contributed by atoms with van der Waals surface area (Å²) < 4.78 is 8.72. The summed E-state index contributed by atoms with van der Waals surface area (Å²) in [5, 5.41) is 3.93. The van der Waals surface area contributed by atoms with Crippen LogP contribution in [0.4, 0.5) is 0 Å². The van der Waals surface area contributed by atoms with Crippen LogP contribution in [-0.2, 0) is 6.54 Å². The lowest BCUT2D eigenvalue weighted by molar-refractivity contribution is 0.369. The molecule has 7 nitrogen and oxygen atoms in total. The smallest absolute Gasteiger partial charge is 0.320 e. The molecule has 2 aromatic heterocycles. The van der Waals surface area contributed by atoms with Crippen LogP contribution < -0.4 is 11.1 Å². The Morgan fingerprint density at radius 3 is 2.41 bits per heavy atom. The summed E-state index contributed by atoms with van der Waals surface area (Å²) in [5.74, 6) is 0.662. The van der Waals surface area contributed by atoms with Gasteiger partial charge in [-0.05, 0) is 36.4 Å². The maximum atomic E-state index is 12.4. The van der Waals surface area contributed by atoms with E-state index in [1.165, 1.54) is 15.3 Å². The number of rotatable bonds is 4. The van der Waals surface area contributed by atoms with Gasteiger partial charge >= 0.3 is 11.1 Å². The van der Waals surface area contributed by atoms with Crippen LogP contribution in [-0.4, -0.2) is 19.3 Å². The second-order valence-electron chi connectivity index (χ2n) is 5.76. The number of hydrogen-bond acceptors (Lipinski definition) is 5. The largest absolute Gasteiger partial charge is 0.337 e. The Hall–Kier alpha value is -3.26. The van der Waals surface area contributed by atoms with Crippen molar-refractivity contribution < 1.29 is 4.52 Å². The van der Waals surface area contributed by atoms with E-state index in [0.717, 1.165) is 10.0 Å². The van der Waals surface area contributed by atoms with Gasteiger partial charge in [-0.15, -0.1) is 0 Å². The van der Waals surface area contributed by atoms with Crippen LogP contribution >= 0.6 is 15.9 Å². The van der Waals surface area contributed by atoms with Crippen LogP contribution in [0.5, 0.6) is 0 Å². The third-order valence-corrected chi connectivity index (χ3v) is 4.50. The summed E-state index contributed by atoms with van der Waals surface area (Å²) in [6.45, 7) is 0.0211. The SMILES string of the molecule is O=c1c(=O)n(-c2ccccc2)ccn1Cc1nc(-c2ccc(Br)cc2)no1. The van der Waals surface area contributed by atoms with E-state index in [1.54, 1.807) is 30.5 Å². The molecule has 0 unspecified atom stereocenters. The highest BCUT2D eigenvalue weighted by Crippen LogP contribution is 2.19. The molecule has 0 fully saturated rings. The Kier molecular flexibility index (Phi) is 4.55. The van der Waals surface area contributed by atoms with E-state index in [-0.39, 0.29) is 12.4 Å². The fourth-order valence-electron chi connectivity index (χ4n) is 2.61. The summed E-state index contributed by atoms with van der Waals surface area (Å²) in [4.78, 5) is 29.1. The van der Waals surface area contributed by atoms with Crippen LogP contribution in [0.3, 0.4) is 0 Å². The summed E-state index contributed by atoms with van der Waals surface area (Å²) in [6, 6.07) is 16.4. The summed E-state index contributed by atoms with van der Waals surface area (Å²) in [6.07, 6.45) is 3.07. The van der Waals surface area contributed by atoms with Gasteiger partial charge in [-0.25, -0.2) is 0 Å². The molecule has 2 heterocycles. The second kappa shape index (κ2) is 7.16. The van der Waals surface area contributed by atoms with Crippen molar-refractivity contribution in [3.8, 4) is 17.1 Å². The van der Waals surface area contributed by atoms with E-state index < -0.39 is 11.1 Å². The van der Waals surface area contributed by atoms with Crippen LogP contribution in [0.15, 0.2) is 85.6 Å². The van der Waals surface area contributed by atoms with E-state index in [2.05, 4.69) is 26.1 Å². The average Bonchev–Trinajstić information content (AvgIpc) is 3.15. The molecule has 27 heavy (non-hydrogen) atoms. The molecule has 0 aliphatic rings. The molecule has 0 amide bonds. The van der Waals surface area contributed by atoms with Crippen molar-refractivity contribution in [1.29, 1.82) is 0 Å². The van der Waals surface area contributed by atoms with Crippen molar-refractivity contribution in [3.63, 3.8) is 0 Å². The Morgan fingerprint density at radius 2 is 1.67 bits per heavy atom. The first kappa shape index (κ1) is 17.2. The zero-order valence-electron chi connectivity index (χ0n) is 13.9. The molecule has 4 rings (SSSR count). The maximum Gasteiger partial charge on any atom is 0.320 e. The summed E-state index contributed by atoms with van der Waals surface area (Å²) >= 11 is 3.37. The van der Waals surface area contributed by atoms with Crippen LogP contribution in [0, 0.1) is 0 Å². The van der Waals surface area contributed by atoms with Gasteiger partial charge in [0.1, 0.15) is 6.54 Å². The number of hydrogen-bond donors (Lipinski definition) is 0. The third kappa shape index (κ3) is 3.52. The van der Waals surface area contributed by atoms with Crippen molar-refractivity contribution >= 4 is 15.9 Å². The van der Waals surface area contributed by atoms with Gasteiger partial charge < -0.3 is 4.52 Å². The molecule has 8 heteroatoms. The molecule has 0 aliphatic carbocycles. The van der Waals surface area contributed by atoms with Gasteiger partial charge in [0.25, 0.3) is 0 Å². The molecule has 134 valence electrons. The Labute approximate surface area is 161 Å². The van der Waals surface area contributed by atoms with Gasteiger partial charge in [-0.1, -0.05) is 39.3 Å². The Balaban J connectivity index is 1.62. The van der Waals surface area contributed by atoms with E-state index >= 15 is 0 Å². The summed E-state index contributed by atoms with van der Waals surface area (Å²) in [7, 11) is 0. The van der Waals surface area contributed by atoms with Gasteiger partial charge in [-0.2, -0.15) is 4.98 Å². The lowest BCUT2D eigenvalue weighted by Crippen LogP contribution is -2.40. The standard InChI is InChI=1S/C19H13BrN4O3/c20-14-8-6-13(7-9-14)17-21-16(27-22-17)12-23-10-11-24(19(26)18(23)25)15-4-2-1-3-5-15/h1-11H,12H2. The minimum atomic E-state index is -0.662. The molecular weight excluding hydrogens is 412 g/mol. The number of aromatic nitrogens is 4. The third-order valence-electron chi connectivity index (χ3n) is 3.97. The number of benzene rings is 2. The van der Waals surface area contributed by atoms with Gasteiger partial charge in [0.2, 0.25) is 11.7 Å². The fourth-order valence-corrected chi connectivity index (χ4v) is 2.87. The topological polar surface area (TPSA) is 82.9 Å². The minimum Gasteiger partial charge on any atom is -0.337 e. The second-order valence-corrected chi connectivity index (χ2v) is 6.68. The summed E-state index contributed by atoms with van der Waals surface area (Å²) in [5.41, 5.74) is 0.114. The van der Waals surface area contributed by atoms with E-state index in [0.29, 0.717) is 11.5 Å². The lowest BCUT2D eigenvalue weighted by atomic mass is 10.2. The van der Waals surface area contributed by atoms with Crippen molar-refractivity contribution in [2.75, 3.05) is 0 Å². The number of halogens is 1. The highest BCUT2D eigenvalue weighted by atomic mass is 79.9. The molecule has 0 radical (unpaired) electrons. The van der Waals surface area contributed by atoms with Gasteiger partial charge in [0, 0.05) is 28.1 Å². The quantitative estimate of drug-likeness (QED) is 0.470. The molecular formula is C19H13BrN4O3. The van der Waals surface area contributed by atoms with Gasteiger partial charge in [0.05, 0.1) is 0 Å². The predicted octanol–water partition coefficient (Wildman–Crippen LogP) is 2.86. The normalized spacial score (nSPS) is 10.9. The first-order chi connectivity index (χ1) is 13.1. The van der Waals surface area contributed by atoms with Crippen LogP contribution in [0.1, 0.15) is 5.89 Å². The fraction of sp³-hybridized carbons (Fsp3) is 0.0526. The van der Waals surface area contributed by atoms with Crippen LogP contribution in [0.25, 0.3) is 17.1 Å². The zero-order valence-corrected chi connectivity index (χ0v) is 15.5. The molecule has 0 aliphatic heterocycles. The minimum absolute atomic E-state index is 0.0211. The molecule has 0 N–H and O–H groups in total. The van der Waals surface area contributed by atoms with Crippen molar-refractivity contribution in [3.05, 3.63) is 98.1 Å². The molecule has 0 bridgehead atoms. The Morgan fingerprint density at radius 1 is 0.926 bits per heavy atom. The highest BCUT2D eigenvalue weighted by Gasteiger charge is 2.12. The lowest BCUT2D eigenvalue weighted by Gasteiger charge is -2.07. The molecule has 0 spiro atoms. The molecule has 2 aromatic carbocycles. The van der Waals surface area contributed by atoms with E-state index in [9.17, 15) is 9.59 Å². The first-order valence-corrected chi connectivity index (χ1v) is 8.87. The van der Waals surface area contributed by atoms with Crippen molar-refractivity contribution in [2.45, 2.75) is 6.54 Å². The van der Waals surface area contributed by atoms with Crippen LogP contribution in [0.2, 0.25) is 0 Å². The monoisotopic (exact) mass is 424 g/mol. The molecule has 0 saturated carbocycles. The molecule has 0 saturated heterocycles. The highest BCUT2D eigenvalue weighted by molar-refractivity contribution is 9.10. The molecule has 4 aromatic rings. The zero-order chi connectivity index (χ0) is 18.8. The number of para-hydroxylation sites is 1. The van der Waals surface area contributed by atoms with Gasteiger partial charge in [-0.3, -0.25) is 18.7 Å². The predicted molar refractivity (Wildman–Crippen MR) is 103 cm³/mol. The first-order valence-electron chi connectivity index (χ1n) is 8.08. The van der Waals surface area contributed by atoms with Crippen molar-refractivity contribution in [1.82, 2.24) is 19.3 Å². The number of nitrogens with zero attached hydrogens (tertiary/aromatic N) is 4.